The fourth-order valence-electron chi connectivity index (χ4n) is 2.90. The number of sulfonamides is 1. The molecule has 0 amide bonds. The minimum absolute atomic E-state index is 0.113. The lowest BCUT2D eigenvalue weighted by molar-refractivity contribution is 0.598. The third-order valence-electron chi connectivity index (χ3n) is 4.13. The number of aromatic nitrogens is 2. The Labute approximate surface area is 165 Å². The first-order valence-corrected chi connectivity index (χ1v) is 10.4. The van der Waals surface area contributed by atoms with Gasteiger partial charge in [0.25, 0.3) is 0 Å². The normalized spacial score (nSPS) is 11.2. The van der Waals surface area contributed by atoms with Crippen molar-refractivity contribution in [1.82, 2.24) is 9.97 Å². The lowest BCUT2D eigenvalue weighted by atomic mass is 10.1. The van der Waals surface area contributed by atoms with E-state index in [4.69, 9.17) is 5.14 Å². The number of nitrogens with two attached hydrogens (primary N) is 1. The molecule has 0 aliphatic heterocycles. The summed E-state index contributed by atoms with van der Waals surface area (Å²) in [5.41, 5.74) is 4.35. The first-order valence-electron chi connectivity index (χ1n) is 8.82. The molecular formula is C20H23N5O2S. The van der Waals surface area contributed by atoms with Crippen molar-refractivity contribution in [2.45, 2.75) is 25.2 Å². The van der Waals surface area contributed by atoms with E-state index in [1.165, 1.54) is 29.6 Å². The van der Waals surface area contributed by atoms with E-state index >= 15 is 0 Å². The van der Waals surface area contributed by atoms with Crippen LogP contribution >= 0.6 is 0 Å². The van der Waals surface area contributed by atoms with Gasteiger partial charge < -0.3 is 10.6 Å². The summed E-state index contributed by atoms with van der Waals surface area (Å²) in [6.45, 7) is 4.76. The van der Waals surface area contributed by atoms with E-state index in [-0.39, 0.29) is 4.90 Å². The topological polar surface area (TPSA) is 110 Å². The summed E-state index contributed by atoms with van der Waals surface area (Å²) >= 11 is 0. The average Bonchev–Trinajstić information content (AvgIpc) is 2.61. The lowest BCUT2D eigenvalue weighted by Gasteiger charge is -2.10. The Bertz CT molecular complexity index is 1050. The Kier molecular flexibility index (Phi) is 5.91. The minimum atomic E-state index is -3.66. The molecule has 8 heteroatoms. The molecule has 0 saturated heterocycles. The van der Waals surface area contributed by atoms with Crippen molar-refractivity contribution in [2.24, 2.45) is 5.14 Å². The molecule has 4 N–H and O–H groups in total. The van der Waals surface area contributed by atoms with Gasteiger partial charge in [-0.1, -0.05) is 18.2 Å². The van der Waals surface area contributed by atoms with Crippen molar-refractivity contribution < 1.29 is 8.42 Å². The largest absolute Gasteiger partial charge is 0.370 e. The standard InChI is InChI=1S/C20H23N5O2S/c1-14-9-15(2)11-17(10-14)25-20-12-19(23-13-24-20)22-8-7-16-3-5-18(6-4-16)28(21,26)27/h3-6,9-13H,7-8H2,1-2H3,(H2,21,26,27)(H2,22,23,24,25). The van der Waals surface area contributed by atoms with Crippen LogP contribution in [0.5, 0.6) is 0 Å². The maximum atomic E-state index is 11.3. The van der Waals surface area contributed by atoms with Crippen LogP contribution in [0.3, 0.4) is 0 Å². The number of benzene rings is 2. The van der Waals surface area contributed by atoms with Crippen LogP contribution in [-0.4, -0.2) is 24.9 Å². The molecule has 7 nitrogen and oxygen atoms in total. The average molecular weight is 398 g/mol. The van der Waals surface area contributed by atoms with Crippen LogP contribution in [0.2, 0.25) is 0 Å². The van der Waals surface area contributed by atoms with Gasteiger partial charge in [0, 0.05) is 18.3 Å². The molecule has 0 aliphatic rings. The Balaban J connectivity index is 1.59. The second kappa shape index (κ2) is 8.37. The van der Waals surface area contributed by atoms with Gasteiger partial charge in [-0.2, -0.15) is 0 Å². The molecule has 0 bridgehead atoms. The van der Waals surface area contributed by atoms with E-state index in [0.29, 0.717) is 18.2 Å². The molecule has 3 rings (SSSR count). The lowest BCUT2D eigenvalue weighted by Crippen LogP contribution is -2.12. The van der Waals surface area contributed by atoms with Crippen molar-refractivity contribution in [3.8, 4) is 0 Å². The Morgan fingerprint density at radius 3 is 2.21 bits per heavy atom. The molecule has 1 aromatic heterocycles. The highest BCUT2D eigenvalue weighted by molar-refractivity contribution is 7.89. The second-order valence-electron chi connectivity index (χ2n) is 6.66. The molecule has 3 aromatic rings. The predicted molar refractivity (Wildman–Crippen MR) is 111 cm³/mol. The number of hydrogen-bond acceptors (Lipinski definition) is 6. The smallest absolute Gasteiger partial charge is 0.238 e. The number of rotatable bonds is 7. The van der Waals surface area contributed by atoms with Crippen LogP contribution in [0, 0.1) is 13.8 Å². The summed E-state index contributed by atoms with van der Waals surface area (Å²) in [6.07, 6.45) is 2.23. The van der Waals surface area contributed by atoms with Crippen molar-refractivity contribution in [3.05, 3.63) is 71.5 Å². The van der Waals surface area contributed by atoms with Gasteiger partial charge in [-0.15, -0.1) is 0 Å². The Hall–Kier alpha value is -2.97. The number of nitrogens with one attached hydrogen (secondary N) is 2. The number of aryl methyl sites for hydroxylation is 2. The molecule has 0 atom stereocenters. The number of anilines is 3. The molecule has 0 unspecified atom stereocenters. The van der Waals surface area contributed by atoms with E-state index in [9.17, 15) is 8.42 Å². The summed E-state index contributed by atoms with van der Waals surface area (Å²) < 4.78 is 22.6. The molecule has 0 saturated carbocycles. The molecular weight excluding hydrogens is 374 g/mol. The van der Waals surface area contributed by atoms with Gasteiger partial charge in [-0.3, -0.25) is 0 Å². The van der Waals surface area contributed by atoms with Crippen LogP contribution in [0.25, 0.3) is 0 Å². The Morgan fingerprint density at radius 2 is 1.57 bits per heavy atom. The first kappa shape index (κ1) is 19.8. The van der Waals surface area contributed by atoms with Crippen LogP contribution < -0.4 is 15.8 Å². The van der Waals surface area contributed by atoms with Crippen LogP contribution in [0.4, 0.5) is 17.3 Å². The summed E-state index contributed by atoms with van der Waals surface area (Å²) in [4.78, 5) is 8.61. The van der Waals surface area contributed by atoms with Crippen molar-refractivity contribution >= 4 is 27.3 Å². The van der Waals surface area contributed by atoms with Crippen molar-refractivity contribution in [3.63, 3.8) is 0 Å². The summed E-state index contributed by atoms with van der Waals surface area (Å²) in [5.74, 6) is 1.42. The highest BCUT2D eigenvalue weighted by Crippen LogP contribution is 2.19. The van der Waals surface area contributed by atoms with Gasteiger partial charge in [0.2, 0.25) is 10.0 Å². The fourth-order valence-corrected chi connectivity index (χ4v) is 3.41. The van der Waals surface area contributed by atoms with Gasteiger partial charge in [-0.25, -0.2) is 23.5 Å². The van der Waals surface area contributed by atoms with Gasteiger partial charge in [0.15, 0.2) is 0 Å². The van der Waals surface area contributed by atoms with Gasteiger partial charge in [-0.05, 0) is 61.2 Å². The zero-order valence-electron chi connectivity index (χ0n) is 15.8. The van der Waals surface area contributed by atoms with Crippen LogP contribution in [0.15, 0.2) is 59.8 Å². The van der Waals surface area contributed by atoms with Gasteiger partial charge in [0.05, 0.1) is 4.90 Å². The molecule has 0 fully saturated rings. The highest BCUT2D eigenvalue weighted by atomic mass is 32.2. The first-order chi connectivity index (χ1) is 13.3. The maximum absolute atomic E-state index is 11.3. The number of hydrogen-bond donors (Lipinski definition) is 3. The highest BCUT2D eigenvalue weighted by Gasteiger charge is 2.06. The van der Waals surface area contributed by atoms with E-state index in [1.54, 1.807) is 12.1 Å². The van der Waals surface area contributed by atoms with E-state index in [0.717, 1.165) is 17.7 Å². The molecule has 0 aliphatic carbocycles. The molecule has 1 heterocycles. The zero-order valence-corrected chi connectivity index (χ0v) is 16.6. The molecule has 0 spiro atoms. The number of primary sulfonamides is 1. The SMILES string of the molecule is Cc1cc(C)cc(Nc2cc(NCCc3ccc(S(N)(=O)=O)cc3)ncn2)c1. The van der Waals surface area contributed by atoms with Crippen molar-refractivity contribution in [1.29, 1.82) is 0 Å². The third-order valence-corrected chi connectivity index (χ3v) is 5.06. The van der Waals surface area contributed by atoms with E-state index < -0.39 is 10.0 Å². The molecule has 0 radical (unpaired) electrons. The minimum Gasteiger partial charge on any atom is -0.370 e. The summed E-state index contributed by atoms with van der Waals surface area (Å²) in [7, 11) is -3.66. The molecule has 2 aromatic carbocycles. The predicted octanol–water partition coefficient (Wildman–Crippen LogP) is 3.14. The third kappa shape index (κ3) is 5.51. The van der Waals surface area contributed by atoms with E-state index in [2.05, 4.69) is 52.6 Å². The van der Waals surface area contributed by atoms with Gasteiger partial charge in [0.1, 0.15) is 18.0 Å². The maximum Gasteiger partial charge on any atom is 0.238 e. The fraction of sp³-hybridized carbons (Fsp3) is 0.200. The molecule has 28 heavy (non-hydrogen) atoms. The number of nitrogens with zero attached hydrogens (tertiary/aromatic N) is 2. The van der Waals surface area contributed by atoms with Crippen molar-refractivity contribution in [2.75, 3.05) is 17.2 Å². The summed E-state index contributed by atoms with van der Waals surface area (Å²) in [6, 6.07) is 14.6. The van der Waals surface area contributed by atoms with Crippen LogP contribution in [0.1, 0.15) is 16.7 Å². The van der Waals surface area contributed by atoms with Gasteiger partial charge >= 0.3 is 0 Å². The van der Waals surface area contributed by atoms with Crippen LogP contribution in [-0.2, 0) is 16.4 Å². The van der Waals surface area contributed by atoms with E-state index in [1.807, 2.05) is 6.07 Å². The summed E-state index contributed by atoms with van der Waals surface area (Å²) in [5, 5.41) is 11.7. The zero-order chi connectivity index (χ0) is 20.1. The Morgan fingerprint density at radius 1 is 0.929 bits per heavy atom. The quantitative estimate of drug-likeness (QED) is 0.565. The molecule has 146 valence electrons. The monoisotopic (exact) mass is 397 g/mol. The second-order valence-corrected chi connectivity index (χ2v) is 8.22.